The minimum Gasteiger partial charge on any atom is -0.494 e. The summed E-state index contributed by atoms with van der Waals surface area (Å²) in [5.41, 5.74) is 1.16. The molecule has 1 aliphatic rings. The summed E-state index contributed by atoms with van der Waals surface area (Å²) in [5.74, 6) is -0.0896. The molecule has 7 nitrogen and oxygen atoms in total. The van der Waals surface area contributed by atoms with Gasteiger partial charge in [-0.3, -0.25) is 14.6 Å². The van der Waals surface area contributed by atoms with E-state index in [0.29, 0.717) is 28.8 Å². The lowest BCUT2D eigenvalue weighted by atomic mass is 10.1. The van der Waals surface area contributed by atoms with Gasteiger partial charge in [-0.25, -0.2) is 0 Å². The molecule has 0 spiro atoms. The number of benzene rings is 1. The highest BCUT2D eigenvalue weighted by Crippen LogP contribution is 2.23. The van der Waals surface area contributed by atoms with Crippen LogP contribution in [0.4, 0.5) is 0 Å². The van der Waals surface area contributed by atoms with Crippen molar-refractivity contribution >= 4 is 22.8 Å². The molecule has 3 rings (SSSR count). The zero-order chi connectivity index (χ0) is 20.5. The Hall–Kier alpha value is -2.67. The van der Waals surface area contributed by atoms with Gasteiger partial charge in [-0.05, 0) is 63.5 Å². The number of ether oxygens (including phenoxy) is 2. The highest BCUT2D eigenvalue weighted by molar-refractivity contribution is 6.07. The van der Waals surface area contributed by atoms with Crippen LogP contribution in [0.1, 0.15) is 43.0 Å². The average molecular weight is 399 g/mol. The smallest absolute Gasteiger partial charge is 0.325 e. The molecule has 0 radical (unpaired) electrons. The van der Waals surface area contributed by atoms with Gasteiger partial charge >= 0.3 is 5.97 Å². The monoisotopic (exact) mass is 399 g/mol. The largest absolute Gasteiger partial charge is 0.494 e. The Morgan fingerprint density at radius 1 is 1.17 bits per heavy atom. The number of carbonyl (C=O) groups is 2. The predicted molar refractivity (Wildman–Crippen MR) is 111 cm³/mol. The Kier molecular flexibility index (Phi) is 7.81. The Labute approximate surface area is 171 Å². The first-order chi connectivity index (χ1) is 14.2. The summed E-state index contributed by atoms with van der Waals surface area (Å²) in [6, 6.07) is 7.19. The number of hydrogen-bond donors (Lipinski definition) is 1. The van der Waals surface area contributed by atoms with Gasteiger partial charge in [-0.1, -0.05) is 6.42 Å². The van der Waals surface area contributed by atoms with Crippen molar-refractivity contribution in [2.75, 3.05) is 39.4 Å². The predicted octanol–water partition coefficient (Wildman–Crippen LogP) is 2.78. The van der Waals surface area contributed by atoms with Crippen molar-refractivity contribution in [3.63, 3.8) is 0 Å². The summed E-state index contributed by atoms with van der Waals surface area (Å²) in [7, 11) is 0. The summed E-state index contributed by atoms with van der Waals surface area (Å²) in [6.45, 7) is 5.90. The standard InChI is InChI=1S/C22H29N3O4/c1-2-28-21(26)16-24-22(27)18-9-10-23-20-8-7-17(15-19(18)20)29-14-6-13-25-11-4-3-5-12-25/h7-10,15H,2-6,11-14,16H2,1H3,(H,24,27). The fourth-order valence-corrected chi connectivity index (χ4v) is 3.53. The second-order valence-corrected chi connectivity index (χ2v) is 7.13. The van der Waals surface area contributed by atoms with Gasteiger partial charge in [0.1, 0.15) is 12.3 Å². The van der Waals surface area contributed by atoms with E-state index in [4.69, 9.17) is 9.47 Å². The average Bonchev–Trinajstić information content (AvgIpc) is 2.75. The van der Waals surface area contributed by atoms with Gasteiger partial charge in [0, 0.05) is 18.1 Å². The molecule has 1 N–H and O–H groups in total. The van der Waals surface area contributed by atoms with Gasteiger partial charge in [0.15, 0.2) is 0 Å². The van der Waals surface area contributed by atoms with Crippen LogP contribution in [-0.2, 0) is 9.53 Å². The van der Waals surface area contributed by atoms with E-state index in [1.54, 1.807) is 19.2 Å². The summed E-state index contributed by atoms with van der Waals surface area (Å²) in [4.78, 5) is 30.8. The summed E-state index contributed by atoms with van der Waals surface area (Å²) >= 11 is 0. The van der Waals surface area contributed by atoms with Crippen LogP contribution in [-0.4, -0.2) is 61.2 Å². The summed E-state index contributed by atoms with van der Waals surface area (Å²) < 4.78 is 10.8. The molecule has 2 aromatic rings. The number of esters is 1. The fourth-order valence-electron chi connectivity index (χ4n) is 3.53. The van der Waals surface area contributed by atoms with E-state index in [-0.39, 0.29) is 19.1 Å². The third-order valence-corrected chi connectivity index (χ3v) is 4.99. The number of amides is 1. The van der Waals surface area contributed by atoms with Gasteiger partial charge in [0.05, 0.1) is 24.3 Å². The van der Waals surface area contributed by atoms with Crippen molar-refractivity contribution in [3.05, 3.63) is 36.0 Å². The quantitative estimate of drug-likeness (QED) is 0.516. The molecule has 7 heteroatoms. The van der Waals surface area contributed by atoms with E-state index in [1.165, 1.54) is 32.4 Å². The molecule has 1 saturated heterocycles. The van der Waals surface area contributed by atoms with Gasteiger partial charge in [-0.15, -0.1) is 0 Å². The van der Waals surface area contributed by atoms with Crippen molar-refractivity contribution in [2.45, 2.75) is 32.6 Å². The minimum absolute atomic E-state index is 0.164. The molecule has 1 amide bonds. The van der Waals surface area contributed by atoms with E-state index >= 15 is 0 Å². The molecule has 0 aliphatic carbocycles. The summed E-state index contributed by atoms with van der Waals surface area (Å²) in [6.07, 6.45) is 6.48. The number of nitrogens with one attached hydrogen (secondary N) is 1. The van der Waals surface area contributed by atoms with Gasteiger partial charge in [-0.2, -0.15) is 0 Å². The molecule has 1 aliphatic heterocycles. The number of nitrogens with zero attached hydrogens (tertiary/aromatic N) is 2. The lowest BCUT2D eigenvalue weighted by Gasteiger charge is -2.26. The van der Waals surface area contributed by atoms with E-state index in [9.17, 15) is 9.59 Å². The third kappa shape index (κ3) is 6.15. The van der Waals surface area contributed by atoms with Crippen LogP contribution in [0.2, 0.25) is 0 Å². The Balaban J connectivity index is 1.59. The van der Waals surface area contributed by atoms with Crippen molar-refractivity contribution in [1.29, 1.82) is 0 Å². The van der Waals surface area contributed by atoms with Crippen molar-refractivity contribution in [2.24, 2.45) is 0 Å². The molecule has 0 atom stereocenters. The van der Waals surface area contributed by atoms with E-state index in [2.05, 4.69) is 15.2 Å². The topological polar surface area (TPSA) is 80.8 Å². The first-order valence-electron chi connectivity index (χ1n) is 10.3. The molecule has 1 aromatic heterocycles. The van der Waals surface area contributed by atoms with Gasteiger partial charge < -0.3 is 19.7 Å². The maximum atomic E-state index is 12.5. The van der Waals surface area contributed by atoms with Crippen LogP contribution in [0.15, 0.2) is 30.5 Å². The van der Waals surface area contributed by atoms with Crippen molar-refractivity contribution < 1.29 is 19.1 Å². The molecule has 1 fully saturated rings. The van der Waals surface area contributed by atoms with Crippen molar-refractivity contribution in [1.82, 2.24) is 15.2 Å². The lowest BCUT2D eigenvalue weighted by molar-refractivity contribution is -0.141. The second-order valence-electron chi connectivity index (χ2n) is 7.13. The number of aromatic nitrogens is 1. The highest BCUT2D eigenvalue weighted by atomic mass is 16.5. The number of hydrogen-bond acceptors (Lipinski definition) is 6. The molecular formula is C22H29N3O4. The minimum atomic E-state index is -0.461. The van der Waals surface area contributed by atoms with Crippen LogP contribution in [0, 0.1) is 0 Å². The zero-order valence-electron chi connectivity index (χ0n) is 17.0. The first-order valence-corrected chi connectivity index (χ1v) is 10.3. The Bertz CT molecular complexity index is 834. The van der Waals surface area contributed by atoms with Crippen LogP contribution in [0.25, 0.3) is 10.9 Å². The Morgan fingerprint density at radius 2 is 2.00 bits per heavy atom. The highest BCUT2D eigenvalue weighted by Gasteiger charge is 2.13. The zero-order valence-corrected chi connectivity index (χ0v) is 17.0. The van der Waals surface area contributed by atoms with Crippen LogP contribution >= 0.6 is 0 Å². The van der Waals surface area contributed by atoms with Crippen molar-refractivity contribution in [3.8, 4) is 5.75 Å². The molecule has 0 unspecified atom stereocenters. The van der Waals surface area contributed by atoms with Gasteiger partial charge in [0.25, 0.3) is 5.91 Å². The fraction of sp³-hybridized carbons (Fsp3) is 0.500. The SMILES string of the molecule is CCOC(=O)CNC(=O)c1ccnc2ccc(OCCCN3CCCCC3)cc12. The molecular weight excluding hydrogens is 370 g/mol. The van der Waals surface area contributed by atoms with E-state index < -0.39 is 5.97 Å². The first kappa shape index (κ1) is 21.0. The number of pyridine rings is 1. The number of piperidine rings is 1. The van der Waals surface area contributed by atoms with Crippen LogP contribution in [0.3, 0.4) is 0 Å². The number of rotatable bonds is 9. The molecule has 0 saturated carbocycles. The number of carbonyl (C=O) groups excluding carboxylic acids is 2. The van der Waals surface area contributed by atoms with E-state index in [1.807, 2.05) is 18.2 Å². The van der Waals surface area contributed by atoms with E-state index in [0.717, 1.165) is 13.0 Å². The van der Waals surface area contributed by atoms with Crippen LogP contribution < -0.4 is 10.1 Å². The Morgan fingerprint density at radius 3 is 2.79 bits per heavy atom. The lowest BCUT2D eigenvalue weighted by Crippen LogP contribution is -2.31. The third-order valence-electron chi connectivity index (χ3n) is 4.99. The van der Waals surface area contributed by atoms with Crippen LogP contribution in [0.5, 0.6) is 5.75 Å². The second kappa shape index (κ2) is 10.8. The number of fused-ring (bicyclic) bond motifs is 1. The number of likely N-dealkylation sites (tertiary alicyclic amines) is 1. The molecule has 1 aromatic carbocycles. The summed E-state index contributed by atoms with van der Waals surface area (Å²) in [5, 5.41) is 3.29. The molecule has 2 heterocycles. The molecule has 0 bridgehead atoms. The molecule has 29 heavy (non-hydrogen) atoms. The normalized spacial score (nSPS) is 14.5. The maximum absolute atomic E-state index is 12.5. The van der Waals surface area contributed by atoms with Gasteiger partial charge in [0.2, 0.25) is 0 Å². The maximum Gasteiger partial charge on any atom is 0.325 e. The molecule has 156 valence electrons.